The summed E-state index contributed by atoms with van der Waals surface area (Å²) in [6.45, 7) is 4.77. The van der Waals surface area contributed by atoms with Crippen LogP contribution in [0.4, 0.5) is 18.9 Å². The van der Waals surface area contributed by atoms with Crippen molar-refractivity contribution in [2.24, 2.45) is 0 Å². The second kappa shape index (κ2) is 6.73. The van der Waals surface area contributed by atoms with Crippen LogP contribution in [0, 0.1) is 13.8 Å². The fourth-order valence-electron chi connectivity index (χ4n) is 2.19. The molecule has 22 heavy (non-hydrogen) atoms. The highest BCUT2D eigenvalue weighted by molar-refractivity contribution is 5.46. The van der Waals surface area contributed by atoms with Crippen LogP contribution < -0.4 is 10.1 Å². The Morgan fingerprint density at radius 3 is 2.32 bits per heavy atom. The van der Waals surface area contributed by atoms with Crippen molar-refractivity contribution in [1.29, 1.82) is 0 Å². The van der Waals surface area contributed by atoms with Crippen LogP contribution in [0.2, 0.25) is 0 Å². The lowest BCUT2D eigenvalue weighted by Gasteiger charge is -2.12. The molecule has 0 saturated heterocycles. The first-order valence-corrected chi connectivity index (χ1v) is 6.97. The van der Waals surface area contributed by atoms with Gasteiger partial charge in [0, 0.05) is 12.2 Å². The van der Waals surface area contributed by atoms with Crippen molar-refractivity contribution < 1.29 is 17.9 Å². The van der Waals surface area contributed by atoms with Gasteiger partial charge >= 0.3 is 6.18 Å². The van der Waals surface area contributed by atoms with Gasteiger partial charge in [-0.3, -0.25) is 0 Å². The zero-order chi connectivity index (χ0) is 16.2. The van der Waals surface area contributed by atoms with Gasteiger partial charge in [-0.25, -0.2) is 0 Å². The molecule has 118 valence electrons. The smallest absolute Gasteiger partial charge is 0.416 e. The van der Waals surface area contributed by atoms with E-state index in [0.29, 0.717) is 18.8 Å². The molecule has 0 saturated carbocycles. The van der Waals surface area contributed by atoms with Crippen molar-refractivity contribution in [3.63, 3.8) is 0 Å². The number of aryl methyl sites for hydroxylation is 2. The fourth-order valence-corrected chi connectivity index (χ4v) is 2.19. The Morgan fingerprint density at radius 2 is 1.68 bits per heavy atom. The van der Waals surface area contributed by atoms with Gasteiger partial charge in [0.05, 0.1) is 5.56 Å². The maximum Gasteiger partial charge on any atom is 0.416 e. The maximum absolute atomic E-state index is 12.6. The molecular weight excluding hydrogens is 291 g/mol. The molecule has 2 rings (SSSR count). The molecule has 0 heterocycles. The van der Waals surface area contributed by atoms with E-state index >= 15 is 0 Å². The van der Waals surface area contributed by atoms with Gasteiger partial charge in [-0.15, -0.1) is 0 Å². The molecule has 0 aliphatic heterocycles. The third-order valence-corrected chi connectivity index (χ3v) is 3.09. The summed E-state index contributed by atoms with van der Waals surface area (Å²) in [4.78, 5) is 0. The van der Waals surface area contributed by atoms with E-state index in [4.69, 9.17) is 4.74 Å². The number of hydrogen-bond donors (Lipinski definition) is 1. The minimum absolute atomic E-state index is 0.374. The summed E-state index contributed by atoms with van der Waals surface area (Å²) in [7, 11) is 0. The molecule has 2 aromatic rings. The molecule has 1 N–H and O–H groups in total. The molecule has 0 radical (unpaired) electrons. The predicted molar refractivity (Wildman–Crippen MR) is 81.3 cm³/mol. The Labute approximate surface area is 127 Å². The van der Waals surface area contributed by atoms with Crippen LogP contribution in [0.5, 0.6) is 5.75 Å². The zero-order valence-electron chi connectivity index (χ0n) is 12.5. The van der Waals surface area contributed by atoms with E-state index in [1.165, 1.54) is 6.07 Å². The van der Waals surface area contributed by atoms with E-state index in [2.05, 4.69) is 5.32 Å². The zero-order valence-corrected chi connectivity index (χ0v) is 12.5. The topological polar surface area (TPSA) is 21.3 Å². The summed E-state index contributed by atoms with van der Waals surface area (Å²) >= 11 is 0. The highest BCUT2D eigenvalue weighted by Gasteiger charge is 2.30. The molecular formula is C17H18F3NO. The molecule has 2 nitrogen and oxygen atoms in total. The van der Waals surface area contributed by atoms with Crippen molar-refractivity contribution in [2.75, 3.05) is 18.5 Å². The average Bonchev–Trinajstić information content (AvgIpc) is 2.42. The highest BCUT2D eigenvalue weighted by atomic mass is 19.4. The van der Waals surface area contributed by atoms with Crippen molar-refractivity contribution in [3.8, 4) is 5.75 Å². The third-order valence-electron chi connectivity index (χ3n) is 3.09. The van der Waals surface area contributed by atoms with Crippen molar-refractivity contribution in [2.45, 2.75) is 20.0 Å². The van der Waals surface area contributed by atoms with Crippen molar-refractivity contribution in [1.82, 2.24) is 0 Å². The second-order valence-electron chi connectivity index (χ2n) is 5.18. The lowest BCUT2D eigenvalue weighted by molar-refractivity contribution is -0.137. The van der Waals surface area contributed by atoms with E-state index in [1.54, 1.807) is 6.07 Å². The number of benzene rings is 2. The van der Waals surface area contributed by atoms with E-state index in [0.717, 1.165) is 29.0 Å². The van der Waals surface area contributed by atoms with E-state index in [1.807, 2.05) is 32.0 Å². The van der Waals surface area contributed by atoms with Gasteiger partial charge in [-0.2, -0.15) is 13.2 Å². The van der Waals surface area contributed by atoms with Gasteiger partial charge in [0.2, 0.25) is 0 Å². The molecule has 0 aromatic heterocycles. The highest BCUT2D eigenvalue weighted by Crippen LogP contribution is 2.30. The number of nitrogens with one attached hydrogen (secondary N) is 1. The van der Waals surface area contributed by atoms with Crippen LogP contribution in [0.15, 0.2) is 42.5 Å². The van der Waals surface area contributed by atoms with Crippen molar-refractivity contribution in [3.05, 3.63) is 59.2 Å². The van der Waals surface area contributed by atoms with Gasteiger partial charge in [-0.1, -0.05) is 12.1 Å². The Hall–Kier alpha value is -2.17. The standard InChI is InChI=1S/C17H18F3NO/c1-12-8-13(2)10-16(9-12)22-7-6-21-15-5-3-4-14(11-15)17(18,19)20/h3-5,8-11,21H,6-7H2,1-2H3. The Bertz CT molecular complexity index is 618. The molecule has 0 bridgehead atoms. The minimum atomic E-state index is -4.33. The Balaban J connectivity index is 1.86. The monoisotopic (exact) mass is 309 g/mol. The Kier molecular flexibility index (Phi) is 4.96. The summed E-state index contributed by atoms with van der Waals surface area (Å²) < 4.78 is 43.4. The second-order valence-corrected chi connectivity index (χ2v) is 5.18. The normalized spacial score (nSPS) is 11.3. The van der Waals surface area contributed by atoms with E-state index in [-0.39, 0.29) is 0 Å². The van der Waals surface area contributed by atoms with Crippen LogP contribution in [-0.2, 0) is 6.18 Å². The fraction of sp³-hybridized carbons (Fsp3) is 0.294. The van der Waals surface area contributed by atoms with Crippen LogP contribution in [0.3, 0.4) is 0 Å². The number of rotatable bonds is 5. The number of ether oxygens (including phenoxy) is 1. The minimum Gasteiger partial charge on any atom is -0.492 e. The molecule has 0 spiro atoms. The van der Waals surface area contributed by atoms with Gasteiger partial charge in [0.15, 0.2) is 0 Å². The van der Waals surface area contributed by atoms with Crippen molar-refractivity contribution >= 4 is 5.69 Å². The molecule has 0 aliphatic rings. The Morgan fingerprint density at radius 1 is 1.00 bits per heavy atom. The molecule has 0 fully saturated rings. The first-order valence-electron chi connectivity index (χ1n) is 6.97. The van der Waals surface area contributed by atoms with Crippen LogP contribution in [-0.4, -0.2) is 13.2 Å². The van der Waals surface area contributed by atoms with Crippen LogP contribution >= 0.6 is 0 Å². The molecule has 0 amide bonds. The number of anilines is 1. The third kappa shape index (κ3) is 4.69. The average molecular weight is 309 g/mol. The number of halogens is 3. The lowest BCUT2D eigenvalue weighted by Crippen LogP contribution is -2.12. The van der Waals surface area contributed by atoms with Gasteiger partial charge in [0.25, 0.3) is 0 Å². The predicted octanol–water partition coefficient (Wildman–Crippen LogP) is 4.81. The molecule has 0 unspecified atom stereocenters. The summed E-state index contributed by atoms with van der Waals surface area (Å²) in [5.41, 5.74) is 1.99. The maximum atomic E-state index is 12.6. The molecule has 0 atom stereocenters. The largest absolute Gasteiger partial charge is 0.492 e. The summed E-state index contributed by atoms with van der Waals surface area (Å²) in [6.07, 6.45) is -4.33. The van der Waals surface area contributed by atoms with Crippen LogP contribution in [0.25, 0.3) is 0 Å². The first-order chi connectivity index (χ1) is 10.3. The summed E-state index contributed by atoms with van der Waals surface area (Å²) in [6, 6.07) is 11.0. The first kappa shape index (κ1) is 16.2. The summed E-state index contributed by atoms with van der Waals surface area (Å²) in [5.74, 6) is 0.767. The van der Waals surface area contributed by atoms with E-state index in [9.17, 15) is 13.2 Å². The van der Waals surface area contributed by atoms with Crippen LogP contribution in [0.1, 0.15) is 16.7 Å². The van der Waals surface area contributed by atoms with Gasteiger partial charge in [0.1, 0.15) is 12.4 Å². The molecule has 2 aromatic carbocycles. The number of alkyl halides is 3. The molecule has 0 aliphatic carbocycles. The molecule has 5 heteroatoms. The summed E-state index contributed by atoms with van der Waals surface area (Å²) in [5, 5.41) is 2.93. The quantitative estimate of drug-likeness (QED) is 0.800. The van der Waals surface area contributed by atoms with Gasteiger partial charge < -0.3 is 10.1 Å². The SMILES string of the molecule is Cc1cc(C)cc(OCCNc2cccc(C(F)(F)F)c2)c1. The number of hydrogen-bond acceptors (Lipinski definition) is 2. The lowest BCUT2D eigenvalue weighted by atomic mass is 10.1. The van der Waals surface area contributed by atoms with E-state index < -0.39 is 11.7 Å². The van der Waals surface area contributed by atoms with Gasteiger partial charge in [-0.05, 0) is 55.3 Å².